The number of hydrogen-bond acceptors (Lipinski definition) is 5. The Balaban J connectivity index is 1.52. The lowest BCUT2D eigenvalue weighted by Gasteiger charge is -2.29. The Morgan fingerprint density at radius 2 is 2.00 bits per heavy atom. The lowest BCUT2D eigenvalue weighted by molar-refractivity contribution is -0.120. The van der Waals surface area contributed by atoms with Crippen LogP contribution in [0.25, 0.3) is 22.2 Å². The Kier molecular flexibility index (Phi) is 8.77. The minimum Gasteiger partial charge on any atom is -0.494 e. The first-order valence-corrected chi connectivity index (χ1v) is 12.9. The summed E-state index contributed by atoms with van der Waals surface area (Å²) in [6.07, 6.45) is 2.55. The van der Waals surface area contributed by atoms with E-state index in [0.717, 1.165) is 61.1 Å². The molecule has 0 spiro atoms. The van der Waals surface area contributed by atoms with Crippen LogP contribution < -0.4 is 10.1 Å². The van der Waals surface area contributed by atoms with E-state index < -0.39 is 5.82 Å². The van der Waals surface area contributed by atoms with Crippen molar-refractivity contribution in [1.29, 1.82) is 0 Å². The fourth-order valence-electron chi connectivity index (χ4n) is 4.48. The van der Waals surface area contributed by atoms with Gasteiger partial charge in [0.15, 0.2) is 0 Å². The van der Waals surface area contributed by atoms with Gasteiger partial charge < -0.3 is 20.1 Å². The van der Waals surface area contributed by atoms with E-state index in [1.165, 1.54) is 12.1 Å². The third kappa shape index (κ3) is 6.93. The van der Waals surface area contributed by atoms with Crippen LogP contribution in [-0.4, -0.2) is 59.3 Å². The fraction of sp³-hybridized carbons (Fsp3) is 0.429. The van der Waals surface area contributed by atoms with Gasteiger partial charge in [-0.25, -0.2) is 9.37 Å². The smallest absolute Gasteiger partial charge is 0.224 e. The quantitative estimate of drug-likeness (QED) is 0.394. The van der Waals surface area contributed by atoms with E-state index in [1.54, 1.807) is 6.07 Å². The lowest BCUT2D eigenvalue weighted by atomic mass is 10.0. The number of carbonyl (C=O) groups is 1. The van der Waals surface area contributed by atoms with E-state index in [-0.39, 0.29) is 29.5 Å². The summed E-state index contributed by atoms with van der Waals surface area (Å²) in [6.45, 7) is 7.22. The predicted octanol–water partition coefficient (Wildman–Crippen LogP) is 4.99. The first-order chi connectivity index (χ1) is 17.3. The lowest BCUT2D eigenvalue weighted by Crippen LogP contribution is -2.36. The molecule has 2 aromatic carbocycles. The number of pyridine rings is 1. The molecule has 3 aromatic rings. The zero-order chi connectivity index (χ0) is 25.7. The number of halogens is 2. The number of aliphatic hydroxyl groups is 1. The van der Waals surface area contributed by atoms with Gasteiger partial charge in [0.1, 0.15) is 11.6 Å². The molecule has 1 aliphatic rings. The van der Waals surface area contributed by atoms with E-state index in [0.29, 0.717) is 17.9 Å². The number of hydrogen-bond donors (Lipinski definition) is 2. The molecule has 0 unspecified atom stereocenters. The number of fused-ring (bicyclic) bond motifs is 1. The van der Waals surface area contributed by atoms with Gasteiger partial charge in [-0.15, -0.1) is 0 Å². The number of benzene rings is 2. The van der Waals surface area contributed by atoms with Crippen LogP contribution in [-0.2, 0) is 11.2 Å². The summed E-state index contributed by atoms with van der Waals surface area (Å²) in [5.74, 6) is 0.131. The second-order valence-electron chi connectivity index (χ2n) is 9.65. The van der Waals surface area contributed by atoms with Crippen molar-refractivity contribution in [2.75, 3.05) is 26.2 Å². The summed E-state index contributed by atoms with van der Waals surface area (Å²) in [7, 11) is 0. The van der Waals surface area contributed by atoms with Crippen LogP contribution in [0, 0.1) is 5.82 Å². The highest BCUT2D eigenvalue weighted by Gasteiger charge is 2.17. The SMILES string of the molecule is CC(C)NC(=O)Cc1cc2cc(OCCCN3CCC(O)CC3)ccc2nc1-c1ccc(F)c(Cl)c1. The number of aliphatic hydroxyl groups excluding tert-OH is 1. The maximum atomic E-state index is 13.8. The van der Waals surface area contributed by atoms with Crippen LogP contribution in [0.1, 0.15) is 38.7 Å². The Labute approximate surface area is 216 Å². The fourth-order valence-corrected chi connectivity index (χ4v) is 4.66. The number of nitrogens with zero attached hydrogens (tertiary/aromatic N) is 2. The average Bonchev–Trinajstić information content (AvgIpc) is 2.83. The molecule has 6 nitrogen and oxygen atoms in total. The van der Waals surface area contributed by atoms with Crippen LogP contribution in [0.2, 0.25) is 5.02 Å². The maximum Gasteiger partial charge on any atom is 0.224 e. The van der Waals surface area contributed by atoms with Crippen LogP contribution >= 0.6 is 11.6 Å². The minimum absolute atomic E-state index is 0.0106. The van der Waals surface area contributed by atoms with E-state index >= 15 is 0 Å². The summed E-state index contributed by atoms with van der Waals surface area (Å²) in [4.78, 5) is 19.8. The molecule has 4 rings (SSSR count). The largest absolute Gasteiger partial charge is 0.494 e. The Morgan fingerprint density at radius 3 is 2.72 bits per heavy atom. The van der Waals surface area contributed by atoms with E-state index in [1.807, 2.05) is 38.1 Å². The van der Waals surface area contributed by atoms with Gasteiger partial charge in [-0.2, -0.15) is 0 Å². The zero-order valence-electron chi connectivity index (χ0n) is 20.8. The van der Waals surface area contributed by atoms with Crippen molar-refractivity contribution in [3.05, 3.63) is 58.9 Å². The predicted molar refractivity (Wildman–Crippen MR) is 141 cm³/mol. The van der Waals surface area contributed by atoms with Crippen molar-refractivity contribution in [3.8, 4) is 17.0 Å². The molecule has 36 heavy (non-hydrogen) atoms. The van der Waals surface area contributed by atoms with Crippen molar-refractivity contribution in [2.24, 2.45) is 0 Å². The van der Waals surface area contributed by atoms with E-state index in [4.69, 9.17) is 21.3 Å². The molecule has 1 fully saturated rings. The molecule has 2 N–H and O–H groups in total. The number of likely N-dealkylation sites (tertiary alicyclic amines) is 1. The number of ether oxygens (including phenoxy) is 1. The molecule has 0 bridgehead atoms. The van der Waals surface area contributed by atoms with Gasteiger partial charge in [0.25, 0.3) is 0 Å². The summed E-state index contributed by atoms with van der Waals surface area (Å²) < 4.78 is 19.8. The van der Waals surface area contributed by atoms with Gasteiger partial charge in [-0.1, -0.05) is 11.6 Å². The van der Waals surface area contributed by atoms with Gasteiger partial charge >= 0.3 is 0 Å². The summed E-state index contributed by atoms with van der Waals surface area (Å²) >= 11 is 6.03. The number of carbonyl (C=O) groups excluding carboxylic acids is 1. The molecule has 0 saturated carbocycles. The highest BCUT2D eigenvalue weighted by molar-refractivity contribution is 6.31. The highest BCUT2D eigenvalue weighted by Crippen LogP contribution is 2.30. The average molecular weight is 514 g/mol. The Morgan fingerprint density at radius 1 is 1.22 bits per heavy atom. The molecule has 1 amide bonds. The molecule has 192 valence electrons. The zero-order valence-corrected chi connectivity index (χ0v) is 21.5. The van der Waals surface area contributed by atoms with Crippen LogP contribution in [0.5, 0.6) is 5.75 Å². The number of piperidine rings is 1. The first kappa shape index (κ1) is 26.3. The van der Waals surface area contributed by atoms with Crippen molar-refractivity contribution < 1.29 is 19.0 Å². The van der Waals surface area contributed by atoms with Gasteiger partial charge in [-0.05, 0) is 81.1 Å². The molecule has 0 aliphatic carbocycles. The normalized spacial score (nSPS) is 14.9. The molecule has 1 aliphatic heterocycles. The number of nitrogens with one attached hydrogen (secondary N) is 1. The number of aromatic nitrogens is 1. The molecule has 0 atom stereocenters. The molecule has 2 heterocycles. The highest BCUT2D eigenvalue weighted by atomic mass is 35.5. The van der Waals surface area contributed by atoms with Crippen molar-refractivity contribution in [2.45, 2.75) is 51.7 Å². The molecule has 1 saturated heterocycles. The van der Waals surface area contributed by atoms with E-state index in [9.17, 15) is 14.3 Å². The molecule has 0 radical (unpaired) electrons. The molecule has 1 aromatic heterocycles. The second-order valence-corrected chi connectivity index (χ2v) is 10.1. The second kappa shape index (κ2) is 12.0. The standard InChI is InChI=1S/C28H33ClFN3O3/c1-18(2)31-27(35)17-21-14-20-15-23(36-13-3-10-33-11-8-22(34)9-12-33)5-7-26(20)32-28(21)19-4-6-25(30)24(29)16-19/h4-7,14-16,18,22,34H,3,8-13,17H2,1-2H3,(H,31,35). The Hall–Kier alpha value is -2.74. The van der Waals surface area contributed by atoms with Crippen molar-refractivity contribution in [3.63, 3.8) is 0 Å². The van der Waals surface area contributed by atoms with Gasteiger partial charge in [0.05, 0.1) is 35.4 Å². The summed E-state index contributed by atoms with van der Waals surface area (Å²) in [5.41, 5.74) is 2.73. The maximum absolute atomic E-state index is 13.8. The summed E-state index contributed by atoms with van der Waals surface area (Å²) in [5, 5.41) is 13.4. The van der Waals surface area contributed by atoms with Crippen molar-refractivity contribution >= 4 is 28.4 Å². The van der Waals surface area contributed by atoms with Gasteiger partial charge in [0.2, 0.25) is 5.91 Å². The number of rotatable bonds is 9. The third-order valence-corrected chi connectivity index (χ3v) is 6.59. The molecule has 8 heteroatoms. The third-order valence-electron chi connectivity index (χ3n) is 6.30. The van der Waals surface area contributed by atoms with Gasteiger partial charge in [0, 0.05) is 36.6 Å². The molecular weight excluding hydrogens is 481 g/mol. The topological polar surface area (TPSA) is 74.7 Å². The van der Waals surface area contributed by atoms with Crippen molar-refractivity contribution in [1.82, 2.24) is 15.2 Å². The summed E-state index contributed by atoms with van der Waals surface area (Å²) in [6, 6.07) is 12.2. The van der Waals surface area contributed by atoms with Crippen LogP contribution in [0.3, 0.4) is 0 Å². The Bertz CT molecular complexity index is 1210. The monoisotopic (exact) mass is 513 g/mol. The first-order valence-electron chi connectivity index (χ1n) is 12.5. The van der Waals surface area contributed by atoms with E-state index in [2.05, 4.69) is 10.2 Å². The van der Waals surface area contributed by atoms with Gasteiger partial charge in [-0.3, -0.25) is 4.79 Å². The van der Waals surface area contributed by atoms with Crippen LogP contribution in [0.15, 0.2) is 42.5 Å². The minimum atomic E-state index is -0.500. The number of amides is 1. The van der Waals surface area contributed by atoms with Crippen LogP contribution in [0.4, 0.5) is 4.39 Å². The molecular formula is C28H33ClFN3O3.